The molecule has 146 valence electrons. The average molecular weight is 388 g/mol. The van der Waals surface area contributed by atoms with E-state index in [1.807, 2.05) is 60.2 Å². The van der Waals surface area contributed by atoms with E-state index in [4.69, 9.17) is 4.74 Å². The fourth-order valence-corrected chi connectivity index (χ4v) is 3.28. The number of pyridine rings is 1. The first-order chi connectivity index (χ1) is 14.1. The molecule has 4 aromatic rings. The SMILES string of the molecule is CCOC(=O)c1cn(CC)c2ccc(-n3cc(-c4ccccc4)nn3)cc2c1=O. The molecular weight excluding hydrogens is 368 g/mol. The lowest BCUT2D eigenvalue weighted by atomic mass is 10.1. The predicted octanol–water partition coefficient (Wildman–Crippen LogP) is 3.45. The maximum absolute atomic E-state index is 13.0. The molecular formula is C22H20N4O3. The van der Waals surface area contributed by atoms with Gasteiger partial charge in [0.05, 0.1) is 24.0 Å². The van der Waals surface area contributed by atoms with Crippen LogP contribution in [0.15, 0.2) is 65.7 Å². The molecule has 0 atom stereocenters. The second-order valence-corrected chi connectivity index (χ2v) is 6.49. The van der Waals surface area contributed by atoms with Crippen LogP contribution in [-0.4, -0.2) is 32.1 Å². The van der Waals surface area contributed by atoms with Crippen molar-refractivity contribution in [3.8, 4) is 16.9 Å². The molecule has 0 saturated carbocycles. The van der Waals surface area contributed by atoms with Crippen LogP contribution in [-0.2, 0) is 11.3 Å². The van der Waals surface area contributed by atoms with Crippen LogP contribution in [0.4, 0.5) is 0 Å². The molecule has 0 fully saturated rings. The van der Waals surface area contributed by atoms with Gasteiger partial charge in [0.2, 0.25) is 5.43 Å². The van der Waals surface area contributed by atoms with Crippen LogP contribution in [0, 0.1) is 0 Å². The zero-order chi connectivity index (χ0) is 20.4. The van der Waals surface area contributed by atoms with Crippen molar-refractivity contribution < 1.29 is 9.53 Å². The van der Waals surface area contributed by atoms with Crippen molar-refractivity contribution >= 4 is 16.9 Å². The average Bonchev–Trinajstić information content (AvgIpc) is 3.25. The van der Waals surface area contributed by atoms with Crippen LogP contribution in [0.3, 0.4) is 0 Å². The Kier molecular flexibility index (Phi) is 4.95. The summed E-state index contributed by atoms with van der Waals surface area (Å²) in [4.78, 5) is 25.2. The quantitative estimate of drug-likeness (QED) is 0.489. The molecule has 0 N–H and O–H groups in total. The summed E-state index contributed by atoms with van der Waals surface area (Å²) in [6.45, 7) is 4.49. The lowest BCUT2D eigenvalue weighted by Crippen LogP contribution is -2.21. The van der Waals surface area contributed by atoms with Gasteiger partial charge in [-0.05, 0) is 32.0 Å². The first-order valence-corrected chi connectivity index (χ1v) is 9.44. The molecule has 0 radical (unpaired) electrons. The third-order valence-corrected chi connectivity index (χ3v) is 4.73. The Balaban J connectivity index is 1.83. The van der Waals surface area contributed by atoms with Crippen LogP contribution in [0.25, 0.3) is 27.8 Å². The van der Waals surface area contributed by atoms with E-state index in [1.165, 1.54) is 0 Å². The molecule has 0 aliphatic rings. The molecule has 7 nitrogen and oxygen atoms in total. The third kappa shape index (κ3) is 3.42. The number of aryl methyl sites for hydroxylation is 1. The Morgan fingerprint density at radius 2 is 1.86 bits per heavy atom. The minimum Gasteiger partial charge on any atom is -0.462 e. The van der Waals surface area contributed by atoms with Crippen LogP contribution < -0.4 is 5.43 Å². The first-order valence-electron chi connectivity index (χ1n) is 9.44. The summed E-state index contributed by atoms with van der Waals surface area (Å²) in [6, 6.07) is 15.2. The molecule has 0 amide bonds. The number of hydrogen-bond acceptors (Lipinski definition) is 5. The van der Waals surface area contributed by atoms with E-state index < -0.39 is 5.97 Å². The number of nitrogens with zero attached hydrogens (tertiary/aromatic N) is 4. The minimum absolute atomic E-state index is 0.0296. The van der Waals surface area contributed by atoms with Gasteiger partial charge in [-0.2, -0.15) is 0 Å². The molecule has 0 aliphatic heterocycles. The molecule has 0 spiro atoms. The molecule has 2 heterocycles. The van der Waals surface area contributed by atoms with Crippen molar-refractivity contribution in [2.24, 2.45) is 0 Å². The highest BCUT2D eigenvalue weighted by atomic mass is 16.5. The number of carbonyl (C=O) groups excluding carboxylic acids is 1. The van der Waals surface area contributed by atoms with E-state index in [2.05, 4.69) is 10.3 Å². The van der Waals surface area contributed by atoms with Gasteiger partial charge < -0.3 is 9.30 Å². The van der Waals surface area contributed by atoms with Gasteiger partial charge in [-0.25, -0.2) is 9.48 Å². The lowest BCUT2D eigenvalue weighted by Gasteiger charge is -2.12. The lowest BCUT2D eigenvalue weighted by molar-refractivity contribution is 0.0524. The van der Waals surface area contributed by atoms with E-state index in [-0.39, 0.29) is 17.6 Å². The molecule has 2 aromatic carbocycles. The fourth-order valence-electron chi connectivity index (χ4n) is 3.28. The molecule has 4 rings (SSSR count). The highest BCUT2D eigenvalue weighted by Gasteiger charge is 2.17. The summed E-state index contributed by atoms with van der Waals surface area (Å²) in [5, 5.41) is 8.86. The second kappa shape index (κ2) is 7.71. The van der Waals surface area contributed by atoms with E-state index in [1.54, 1.807) is 23.9 Å². The molecule has 0 aliphatic carbocycles. The van der Waals surface area contributed by atoms with Crippen molar-refractivity contribution in [2.45, 2.75) is 20.4 Å². The van der Waals surface area contributed by atoms with E-state index in [9.17, 15) is 9.59 Å². The Morgan fingerprint density at radius 1 is 1.07 bits per heavy atom. The monoisotopic (exact) mass is 388 g/mol. The Morgan fingerprint density at radius 3 is 2.59 bits per heavy atom. The molecule has 0 bridgehead atoms. The summed E-state index contributed by atoms with van der Waals surface area (Å²) < 4.78 is 8.53. The maximum atomic E-state index is 13.0. The number of benzene rings is 2. The molecule has 7 heteroatoms. The van der Waals surface area contributed by atoms with Crippen LogP contribution in [0.2, 0.25) is 0 Å². The smallest absolute Gasteiger partial charge is 0.343 e. The van der Waals surface area contributed by atoms with E-state index >= 15 is 0 Å². The van der Waals surface area contributed by atoms with Gasteiger partial charge in [0.1, 0.15) is 11.3 Å². The highest BCUT2D eigenvalue weighted by molar-refractivity contribution is 5.94. The van der Waals surface area contributed by atoms with E-state index in [0.717, 1.165) is 16.8 Å². The second-order valence-electron chi connectivity index (χ2n) is 6.49. The van der Waals surface area contributed by atoms with Gasteiger partial charge in [-0.3, -0.25) is 4.79 Å². The summed E-state index contributed by atoms with van der Waals surface area (Å²) in [6.07, 6.45) is 3.37. The Bertz CT molecular complexity index is 1240. The standard InChI is InChI=1S/C22H20N4O3/c1-3-25-13-18(22(28)29-4-2)21(27)17-12-16(10-11-20(17)25)26-14-19(23-24-26)15-8-6-5-7-9-15/h5-14H,3-4H2,1-2H3. The predicted molar refractivity (Wildman–Crippen MR) is 110 cm³/mol. The van der Waals surface area contributed by atoms with Gasteiger partial charge in [-0.15, -0.1) is 5.10 Å². The fraction of sp³-hybridized carbons (Fsp3) is 0.182. The maximum Gasteiger partial charge on any atom is 0.343 e. The van der Waals surface area contributed by atoms with Crippen molar-refractivity contribution in [1.82, 2.24) is 19.6 Å². The zero-order valence-corrected chi connectivity index (χ0v) is 16.2. The van der Waals surface area contributed by atoms with Crippen LogP contribution >= 0.6 is 0 Å². The summed E-state index contributed by atoms with van der Waals surface area (Å²) in [5.74, 6) is -0.612. The normalized spacial score (nSPS) is 11.0. The van der Waals surface area contributed by atoms with Gasteiger partial charge in [0, 0.05) is 23.7 Å². The zero-order valence-electron chi connectivity index (χ0n) is 16.2. The van der Waals surface area contributed by atoms with Crippen LogP contribution in [0.5, 0.6) is 0 Å². The summed E-state index contributed by atoms with van der Waals surface area (Å²) in [7, 11) is 0. The van der Waals surface area contributed by atoms with E-state index in [0.29, 0.717) is 17.6 Å². The Labute approximate surface area is 167 Å². The van der Waals surface area contributed by atoms with Gasteiger partial charge >= 0.3 is 5.97 Å². The van der Waals surface area contributed by atoms with Crippen molar-refractivity contribution in [1.29, 1.82) is 0 Å². The minimum atomic E-state index is -0.612. The summed E-state index contributed by atoms with van der Waals surface area (Å²) in [5.41, 5.74) is 2.80. The number of fused-ring (bicyclic) bond motifs is 1. The van der Waals surface area contributed by atoms with Crippen molar-refractivity contribution in [2.75, 3.05) is 6.61 Å². The number of carbonyl (C=O) groups is 1. The number of rotatable bonds is 5. The largest absolute Gasteiger partial charge is 0.462 e. The summed E-state index contributed by atoms with van der Waals surface area (Å²) >= 11 is 0. The molecule has 0 unspecified atom stereocenters. The van der Waals surface area contributed by atoms with Crippen molar-refractivity contribution in [3.05, 3.63) is 76.7 Å². The Hall–Kier alpha value is -3.74. The first kappa shape index (κ1) is 18.6. The van der Waals surface area contributed by atoms with Crippen molar-refractivity contribution in [3.63, 3.8) is 0 Å². The third-order valence-electron chi connectivity index (χ3n) is 4.73. The molecule has 2 aromatic heterocycles. The molecule has 29 heavy (non-hydrogen) atoms. The number of esters is 1. The number of hydrogen-bond donors (Lipinski definition) is 0. The van der Waals surface area contributed by atoms with Gasteiger partial charge in [0.25, 0.3) is 0 Å². The van der Waals surface area contributed by atoms with Crippen LogP contribution in [0.1, 0.15) is 24.2 Å². The number of ether oxygens (including phenoxy) is 1. The van der Waals surface area contributed by atoms with Gasteiger partial charge in [0.15, 0.2) is 0 Å². The number of aromatic nitrogens is 4. The topological polar surface area (TPSA) is 79.0 Å². The van der Waals surface area contributed by atoms with Gasteiger partial charge in [-0.1, -0.05) is 35.5 Å². The highest BCUT2D eigenvalue weighted by Crippen LogP contribution is 2.20. The molecule has 0 saturated heterocycles.